The molecule has 0 unspecified atom stereocenters. The number of aliphatic hydroxyl groups is 1. The van der Waals surface area contributed by atoms with E-state index in [0.717, 1.165) is 0 Å². The molecule has 0 aliphatic carbocycles. The van der Waals surface area contributed by atoms with Gasteiger partial charge in [-0.15, -0.1) is 0 Å². The van der Waals surface area contributed by atoms with Crippen LogP contribution in [0.25, 0.3) is 16.9 Å². The van der Waals surface area contributed by atoms with E-state index in [1.165, 1.54) is 10.9 Å². The van der Waals surface area contributed by atoms with Crippen LogP contribution in [0.4, 0.5) is 5.82 Å². The zero-order valence-corrected chi connectivity index (χ0v) is 24.6. The van der Waals surface area contributed by atoms with Gasteiger partial charge >= 0.3 is 5.69 Å². The molecule has 2 aromatic carbocycles. The highest BCUT2D eigenvalue weighted by atomic mass is 16.5. The van der Waals surface area contributed by atoms with Gasteiger partial charge in [-0.1, -0.05) is 18.2 Å². The van der Waals surface area contributed by atoms with E-state index in [9.17, 15) is 20.0 Å². The van der Waals surface area contributed by atoms with Crippen molar-refractivity contribution in [3.05, 3.63) is 83.1 Å². The van der Waals surface area contributed by atoms with Crippen molar-refractivity contribution in [3.63, 3.8) is 0 Å². The van der Waals surface area contributed by atoms with Crippen LogP contribution in [-0.4, -0.2) is 77.7 Å². The number of nitrogen functional groups attached to an aromatic ring is 1. The number of benzene rings is 2. The van der Waals surface area contributed by atoms with Crippen LogP contribution < -0.4 is 16.2 Å². The Balaban J connectivity index is 1.23. The van der Waals surface area contributed by atoms with Crippen LogP contribution in [0.1, 0.15) is 32.7 Å². The molecule has 0 saturated carbocycles. The molecule has 2 aliphatic rings. The molecule has 2 fully saturated rings. The fourth-order valence-corrected chi connectivity index (χ4v) is 5.93. The van der Waals surface area contributed by atoms with Crippen molar-refractivity contribution in [2.45, 2.75) is 44.4 Å². The van der Waals surface area contributed by atoms with Gasteiger partial charge in [0, 0.05) is 37.8 Å². The second kappa shape index (κ2) is 11.6. The van der Waals surface area contributed by atoms with Crippen molar-refractivity contribution in [1.82, 2.24) is 28.9 Å². The Morgan fingerprint density at radius 2 is 1.73 bits per heavy atom. The van der Waals surface area contributed by atoms with Crippen LogP contribution in [0.15, 0.2) is 77.4 Å². The van der Waals surface area contributed by atoms with Crippen molar-refractivity contribution < 1.29 is 14.6 Å². The van der Waals surface area contributed by atoms with E-state index in [4.69, 9.17) is 10.5 Å². The lowest BCUT2D eigenvalue weighted by atomic mass is 9.93. The zero-order chi connectivity index (χ0) is 31.0. The Labute approximate surface area is 254 Å². The number of aromatic nitrogens is 4. The summed E-state index contributed by atoms with van der Waals surface area (Å²) in [5.74, 6) is 1.17. The van der Waals surface area contributed by atoms with Gasteiger partial charge < -0.3 is 20.5 Å². The molecule has 12 nitrogen and oxygen atoms in total. The second-order valence-corrected chi connectivity index (χ2v) is 11.7. The first kappa shape index (κ1) is 29.1. The van der Waals surface area contributed by atoms with E-state index in [1.807, 2.05) is 49.1 Å². The van der Waals surface area contributed by atoms with E-state index < -0.39 is 5.54 Å². The Hall–Kier alpha value is -4.99. The second-order valence-electron chi connectivity index (χ2n) is 11.7. The monoisotopic (exact) mass is 594 g/mol. The Bertz CT molecular complexity index is 1810. The fraction of sp³-hybridized carbons (Fsp3) is 0.344. The summed E-state index contributed by atoms with van der Waals surface area (Å²) in [4.78, 5) is 39.6. The van der Waals surface area contributed by atoms with Gasteiger partial charge in [0.15, 0.2) is 11.5 Å². The largest absolute Gasteiger partial charge is 0.457 e. The number of piperidine rings is 1. The van der Waals surface area contributed by atoms with Gasteiger partial charge in [-0.2, -0.15) is 5.26 Å². The summed E-state index contributed by atoms with van der Waals surface area (Å²) in [6.45, 7) is 5.60. The van der Waals surface area contributed by atoms with Crippen molar-refractivity contribution >= 4 is 22.9 Å². The number of imidazole rings is 1. The highest BCUT2D eigenvalue weighted by Crippen LogP contribution is 2.30. The van der Waals surface area contributed by atoms with Crippen LogP contribution in [0.3, 0.4) is 0 Å². The number of carbonyl (C=O) groups is 1. The van der Waals surface area contributed by atoms with Crippen molar-refractivity contribution in [3.8, 4) is 23.3 Å². The third-order valence-electron chi connectivity index (χ3n) is 8.40. The summed E-state index contributed by atoms with van der Waals surface area (Å²) in [5.41, 5.74) is 6.95. The standard InChI is InChI=1S/C32H34N8O4/c1-32(2,38-18-24(41)19-38)16-21(17-33)30(42)37-14-12-23(13-15-37)40-29-27(28(34)35-20-36-29)39(31(40)43)22-8-10-26(11-9-22)44-25-6-4-3-5-7-25/h3-11,16,20,23-24,41H,12-15,18-19H2,1-2H3,(H2,34,35,36). The minimum atomic E-state index is -0.543. The van der Waals surface area contributed by atoms with E-state index in [1.54, 1.807) is 39.8 Å². The van der Waals surface area contributed by atoms with Gasteiger partial charge in [0.1, 0.15) is 35.0 Å². The molecule has 2 aromatic heterocycles. The third kappa shape index (κ3) is 5.43. The quantitative estimate of drug-likeness (QED) is 0.243. The number of nitrogens with two attached hydrogens (primary N) is 1. The van der Waals surface area contributed by atoms with Gasteiger partial charge in [0.05, 0.1) is 11.8 Å². The van der Waals surface area contributed by atoms with Crippen LogP contribution in [0.5, 0.6) is 11.5 Å². The summed E-state index contributed by atoms with van der Waals surface area (Å²) in [5, 5.41) is 19.5. The predicted octanol–water partition coefficient (Wildman–Crippen LogP) is 3.03. The molecule has 12 heteroatoms. The van der Waals surface area contributed by atoms with Crippen molar-refractivity contribution in [1.29, 1.82) is 5.26 Å². The molecule has 0 radical (unpaired) electrons. The molecule has 0 atom stereocenters. The molecule has 226 valence electrons. The number of rotatable bonds is 7. The number of β-amino-alcohol motifs (C(OH)–C–C–N with tert-alkyl or cyclic N) is 1. The highest BCUT2D eigenvalue weighted by Gasteiger charge is 2.37. The molecular weight excluding hydrogens is 560 g/mol. The number of hydrogen-bond donors (Lipinski definition) is 2. The normalized spacial score (nSPS) is 17.0. The molecule has 0 bridgehead atoms. The number of hydrogen-bond acceptors (Lipinski definition) is 9. The molecule has 6 rings (SSSR count). The van der Waals surface area contributed by atoms with Crippen LogP contribution in [0.2, 0.25) is 0 Å². The summed E-state index contributed by atoms with van der Waals surface area (Å²) < 4.78 is 9.06. The first-order valence-corrected chi connectivity index (χ1v) is 14.6. The first-order chi connectivity index (χ1) is 21.2. The maximum atomic E-state index is 14.0. The van der Waals surface area contributed by atoms with Gasteiger partial charge in [-0.3, -0.25) is 18.8 Å². The molecular formula is C32H34N8O4. The van der Waals surface area contributed by atoms with E-state index in [-0.39, 0.29) is 35.1 Å². The molecule has 2 aliphatic heterocycles. The van der Waals surface area contributed by atoms with Gasteiger partial charge in [0.2, 0.25) is 0 Å². The summed E-state index contributed by atoms with van der Waals surface area (Å²) in [6, 6.07) is 18.4. The van der Waals surface area contributed by atoms with E-state index >= 15 is 0 Å². The minimum absolute atomic E-state index is 0.0730. The Morgan fingerprint density at radius 1 is 1.07 bits per heavy atom. The lowest BCUT2D eigenvalue weighted by Crippen LogP contribution is -2.59. The summed E-state index contributed by atoms with van der Waals surface area (Å²) >= 11 is 0. The number of anilines is 1. The lowest BCUT2D eigenvalue weighted by molar-refractivity contribution is -0.128. The molecule has 4 aromatic rings. The van der Waals surface area contributed by atoms with Crippen LogP contribution >= 0.6 is 0 Å². The van der Waals surface area contributed by atoms with Crippen LogP contribution in [0, 0.1) is 11.3 Å². The maximum Gasteiger partial charge on any atom is 0.335 e. The maximum absolute atomic E-state index is 14.0. The molecule has 2 saturated heterocycles. The number of fused-ring (bicyclic) bond motifs is 1. The highest BCUT2D eigenvalue weighted by molar-refractivity contribution is 5.97. The number of nitrogens with zero attached hydrogens (tertiary/aromatic N) is 7. The SMILES string of the molecule is CC(C)(C=C(C#N)C(=O)N1CCC(n2c(=O)n(-c3ccc(Oc4ccccc4)cc3)c3c(N)ncnc32)CC1)N1CC(O)C1. The smallest absolute Gasteiger partial charge is 0.335 e. The summed E-state index contributed by atoms with van der Waals surface area (Å²) in [6.07, 6.45) is 3.64. The molecule has 1 amide bonds. The number of para-hydroxylation sites is 1. The molecule has 3 N–H and O–H groups in total. The average Bonchev–Trinajstić information content (AvgIpc) is 3.31. The number of aliphatic hydroxyl groups excluding tert-OH is 1. The molecule has 44 heavy (non-hydrogen) atoms. The van der Waals surface area contributed by atoms with Gasteiger partial charge in [-0.25, -0.2) is 14.8 Å². The number of nitriles is 1. The first-order valence-electron chi connectivity index (χ1n) is 14.6. The average molecular weight is 595 g/mol. The number of likely N-dealkylation sites (tertiary alicyclic amines) is 2. The van der Waals surface area contributed by atoms with Crippen molar-refractivity contribution in [2.24, 2.45) is 0 Å². The Morgan fingerprint density at radius 3 is 2.36 bits per heavy atom. The Kier molecular flexibility index (Phi) is 7.67. The predicted molar refractivity (Wildman–Crippen MR) is 164 cm³/mol. The molecule has 4 heterocycles. The van der Waals surface area contributed by atoms with Crippen molar-refractivity contribution in [2.75, 3.05) is 31.9 Å². The topological polar surface area (TPSA) is 156 Å². The van der Waals surface area contributed by atoms with Crippen LogP contribution in [-0.2, 0) is 4.79 Å². The van der Waals surface area contributed by atoms with Gasteiger partial charge in [-0.05, 0) is 69.2 Å². The lowest BCUT2D eigenvalue weighted by Gasteiger charge is -2.46. The third-order valence-corrected chi connectivity index (χ3v) is 8.40. The van der Waals surface area contributed by atoms with E-state index in [0.29, 0.717) is 67.4 Å². The number of carbonyl (C=O) groups excluding carboxylic acids is 1. The molecule has 0 spiro atoms. The number of ether oxygens (including phenoxy) is 1. The summed E-state index contributed by atoms with van der Waals surface area (Å²) in [7, 11) is 0. The van der Waals surface area contributed by atoms with Gasteiger partial charge in [0.25, 0.3) is 5.91 Å². The minimum Gasteiger partial charge on any atom is -0.457 e. The van der Waals surface area contributed by atoms with E-state index in [2.05, 4.69) is 16.0 Å². The number of amides is 1. The fourth-order valence-electron chi connectivity index (χ4n) is 5.93. The zero-order valence-electron chi connectivity index (χ0n) is 24.6.